The monoisotopic (exact) mass is 516 g/mol. The molecule has 4 rings (SSSR count). The van der Waals surface area contributed by atoms with Crippen LogP contribution < -0.4 is 14.8 Å². The Morgan fingerprint density at radius 3 is 2.44 bits per heavy atom. The summed E-state index contributed by atoms with van der Waals surface area (Å²) in [5.74, 6) is 0.393. The van der Waals surface area contributed by atoms with Gasteiger partial charge < -0.3 is 14.8 Å². The standard InChI is InChI=1S/C29H22Cl2N2O3/c1-2-35-24-11-6-10-23(16-24)33-29(34)22(17-32)13-19-14-26(30)28(27(31)15-19)36-18-21-9-5-8-20-7-3-4-12-25(20)21/h3-16H,2,18H2,1H3,(H,33,34)/b22-13-. The molecule has 180 valence electrons. The van der Waals surface area contributed by atoms with Crippen LogP contribution >= 0.6 is 23.2 Å². The number of benzene rings is 4. The molecule has 0 aliphatic carbocycles. The SMILES string of the molecule is CCOc1cccc(NC(=O)/C(C#N)=C\c2cc(Cl)c(OCc3cccc4ccccc34)c(Cl)c2)c1. The number of nitriles is 1. The Balaban J connectivity index is 1.51. The lowest BCUT2D eigenvalue weighted by molar-refractivity contribution is -0.112. The fraction of sp³-hybridized carbons (Fsp3) is 0.103. The normalized spacial score (nSPS) is 11.1. The Labute approximate surface area is 219 Å². The molecule has 0 unspecified atom stereocenters. The van der Waals surface area contributed by atoms with E-state index in [1.165, 1.54) is 6.08 Å². The molecule has 4 aromatic rings. The minimum atomic E-state index is -0.560. The molecular weight excluding hydrogens is 495 g/mol. The molecular formula is C29H22Cl2N2O3. The first-order chi connectivity index (χ1) is 17.5. The van der Waals surface area contributed by atoms with E-state index in [9.17, 15) is 10.1 Å². The summed E-state index contributed by atoms with van der Waals surface area (Å²) in [5, 5.41) is 15.0. The maximum Gasteiger partial charge on any atom is 0.266 e. The van der Waals surface area contributed by atoms with E-state index in [4.69, 9.17) is 32.7 Å². The van der Waals surface area contributed by atoms with Crippen LogP contribution in [-0.4, -0.2) is 12.5 Å². The molecule has 4 aromatic carbocycles. The summed E-state index contributed by atoms with van der Waals surface area (Å²) in [6, 6.07) is 26.1. The van der Waals surface area contributed by atoms with Crippen LogP contribution in [-0.2, 0) is 11.4 Å². The highest BCUT2D eigenvalue weighted by molar-refractivity contribution is 6.37. The number of nitrogens with zero attached hydrogens (tertiary/aromatic N) is 1. The average molecular weight is 517 g/mol. The molecule has 0 radical (unpaired) electrons. The number of hydrogen-bond donors (Lipinski definition) is 1. The summed E-state index contributed by atoms with van der Waals surface area (Å²) in [6.07, 6.45) is 1.42. The Hall–Kier alpha value is -3.98. The molecule has 0 fully saturated rings. The first-order valence-corrected chi connectivity index (χ1v) is 12.0. The van der Waals surface area contributed by atoms with E-state index >= 15 is 0 Å². The van der Waals surface area contributed by atoms with E-state index in [1.54, 1.807) is 36.4 Å². The Kier molecular flexibility index (Phi) is 8.12. The minimum Gasteiger partial charge on any atom is -0.494 e. The van der Waals surface area contributed by atoms with Crippen molar-refractivity contribution in [1.29, 1.82) is 5.26 Å². The van der Waals surface area contributed by atoms with Gasteiger partial charge in [0.2, 0.25) is 0 Å². The third-order valence-corrected chi connectivity index (χ3v) is 5.91. The van der Waals surface area contributed by atoms with Crippen molar-refractivity contribution in [1.82, 2.24) is 0 Å². The summed E-state index contributed by atoms with van der Waals surface area (Å²) in [5.41, 5.74) is 1.91. The number of carbonyl (C=O) groups is 1. The largest absolute Gasteiger partial charge is 0.494 e. The predicted octanol–water partition coefficient (Wildman–Crippen LogP) is 7.67. The molecule has 0 saturated heterocycles. The fourth-order valence-corrected chi connectivity index (χ4v) is 4.33. The van der Waals surface area contributed by atoms with Gasteiger partial charge in [0.25, 0.3) is 5.91 Å². The van der Waals surface area contributed by atoms with E-state index in [0.29, 0.717) is 29.4 Å². The lowest BCUT2D eigenvalue weighted by Gasteiger charge is -2.13. The third-order valence-electron chi connectivity index (χ3n) is 5.35. The minimum absolute atomic E-state index is 0.103. The first kappa shape index (κ1) is 25.1. The molecule has 36 heavy (non-hydrogen) atoms. The summed E-state index contributed by atoms with van der Waals surface area (Å²) in [4.78, 5) is 12.7. The van der Waals surface area contributed by atoms with Gasteiger partial charge in [-0.15, -0.1) is 0 Å². The van der Waals surface area contributed by atoms with E-state index in [1.807, 2.05) is 55.5 Å². The van der Waals surface area contributed by atoms with Crippen molar-refractivity contribution in [3.8, 4) is 17.6 Å². The van der Waals surface area contributed by atoms with Gasteiger partial charge in [-0.2, -0.15) is 5.26 Å². The van der Waals surface area contributed by atoms with Crippen LogP contribution in [0.3, 0.4) is 0 Å². The van der Waals surface area contributed by atoms with Crippen molar-refractivity contribution >= 4 is 51.6 Å². The van der Waals surface area contributed by atoms with E-state index in [-0.39, 0.29) is 22.2 Å². The highest BCUT2D eigenvalue weighted by Gasteiger charge is 2.14. The molecule has 0 heterocycles. The molecule has 0 bridgehead atoms. The van der Waals surface area contributed by atoms with Gasteiger partial charge in [0.05, 0.1) is 16.7 Å². The van der Waals surface area contributed by atoms with Gasteiger partial charge in [-0.1, -0.05) is 71.7 Å². The molecule has 0 aliphatic heterocycles. The van der Waals surface area contributed by atoms with Crippen LogP contribution in [0.1, 0.15) is 18.1 Å². The number of nitrogens with one attached hydrogen (secondary N) is 1. The van der Waals surface area contributed by atoms with Crippen molar-refractivity contribution in [3.63, 3.8) is 0 Å². The van der Waals surface area contributed by atoms with E-state index < -0.39 is 5.91 Å². The number of carbonyl (C=O) groups excluding carboxylic acids is 1. The van der Waals surface area contributed by atoms with Crippen molar-refractivity contribution in [2.75, 3.05) is 11.9 Å². The number of fused-ring (bicyclic) bond motifs is 1. The third kappa shape index (κ3) is 5.98. The second kappa shape index (κ2) is 11.6. The highest BCUT2D eigenvalue weighted by Crippen LogP contribution is 2.36. The first-order valence-electron chi connectivity index (χ1n) is 11.2. The number of anilines is 1. The number of hydrogen-bond acceptors (Lipinski definition) is 4. The molecule has 1 amide bonds. The maximum atomic E-state index is 12.7. The molecule has 0 aromatic heterocycles. The second-order valence-electron chi connectivity index (χ2n) is 7.83. The van der Waals surface area contributed by atoms with Crippen molar-refractivity contribution in [3.05, 3.63) is 106 Å². The maximum absolute atomic E-state index is 12.7. The number of amides is 1. The quantitative estimate of drug-likeness (QED) is 0.192. The topological polar surface area (TPSA) is 71.3 Å². The average Bonchev–Trinajstić information content (AvgIpc) is 2.87. The molecule has 5 nitrogen and oxygen atoms in total. The van der Waals surface area contributed by atoms with Crippen LogP contribution in [0.15, 0.2) is 84.4 Å². The fourth-order valence-electron chi connectivity index (χ4n) is 3.71. The van der Waals surface area contributed by atoms with Gasteiger partial charge >= 0.3 is 0 Å². The highest BCUT2D eigenvalue weighted by atomic mass is 35.5. The van der Waals surface area contributed by atoms with Crippen molar-refractivity contribution < 1.29 is 14.3 Å². The summed E-state index contributed by atoms with van der Waals surface area (Å²) in [6.45, 7) is 2.66. The summed E-state index contributed by atoms with van der Waals surface area (Å²) < 4.78 is 11.4. The number of rotatable bonds is 8. The summed E-state index contributed by atoms with van der Waals surface area (Å²) >= 11 is 12.9. The lowest BCUT2D eigenvalue weighted by Crippen LogP contribution is -2.13. The van der Waals surface area contributed by atoms with Gasteiger partial charge in [-0.25, -0.2) is 0 Å². The van der Waals surface area contributed by atoms with Gasteiger partial charge in [-0.3, -0.25) is 4.79 Å². The summed E-state index contributed by atoms with van der Waals surface area (Å²) in [7, 11) is 0. The molecule has 7 heteroatoms. The van der Waals surface area contributed by atoms with Gasteiger partial charge in [0, 0.05) is 11.8 Å². The molecule has 0 atom stereocenters. The smallest absolute Gasteiger partial charge is 0.266 e. The molecule has 1 N–H and O–H groups in total. The van der Waals surface area contributed by atoms with Crippen LogP contribution in [0.5, 0.6) is 11.5 Å². The zero-order valence-corrected chi connectivity index (χ0v) is 20.9. The molecule has 0 spiro atoms. The molecule has 0 saturated carbocycles. The van der Waals surface area contributed by atoms with Gasteiger partial charge in [0.1, 0.15) is 24.0 Å². The van der Waals surface area contributed by atoms with Crippen LogP contribution in [0.25, 0.3) is 16.8 Å². The predicted molar refractivity (Wildman–Crippen MR) is 145 cm³/mol. The van der Waals surface area contributed by atoms with Crippen molar-refractivity contribution in [2.24, 2.45) is 0 Å². The van der Waals surface area contributed by atoms with Crippen LogP contribution in [0.4, 0.5) is 5.69 Å². The van der Waals surface area contributed by atoms with Crippen molar-refractivity contribution in [2.45, 2.75) is 13.5 Å². The van der Waals surface area contributed by atoms with Gasteiger partial charge in [-0.05, 0) is 59.2 Å². The molecule has 0 aliphatic rings. The lowest BCUT2D eigenvalue weighted by atomic mass is 10.1. The Bertz CT molecular complexity index is 1460. The van der Waals surface area contributed by atoms with E-state index in [0.717, 1.165) is 16.3 Å². The number of ether oxygens (including phenoxy) is 2. The second-order valence-corrected chi connectivity index (χ2v) is 8.64. The zero-order valence-electron chi connectivity index (χ0n) is 19.4. The Morgan fingerprint density at radius 2 is 1.69 bits per heavy atom. The van der Waals surface area contributed by atoms with Crippen LogP contribution in [0, 0.1) is 11.3 Å². The Morgan fingerprint density at radius 1 is 0.972 bits per heavy atom. The zero-order chi connectivity index (χ0) is 25.5. The van der Waals surface area contributed by atoms with Crippen LogP contribution in [0.2, 0.25) is 10.0 Å². The van der Waals surface area contributed by atoms with E-state index in [2.05, 4.69) is 5.32 Å². The number of halogens is 2. The van der Waals surface area contributed by atoms with Gasteiger partial charge in [0.15, 0.2) is 5.75 Å².